The van der Waals surface area contributed by atoms with Gasteiger partial charge in [-0.05, 0) is 11.6 Å². The van der Waals surface area contributed by atoms with E-state index in [0.717, 1.165) is 27.8 Å². The quantitative estimate of drug-likeness (QED) is 0.347. The number of carbonyl (C=O) groups is 1. The summed E-state index contributed by atoms with van der Waals surface area (Å²) >= 11 is 1.26. The van der Waals surface area contributed by atoms with E-state index in [0.29, 0.717) is 22.4 Å². The van der Waals surface area contributed by atoms with E-state index in [4.69, 9.17) is 5.73 Å². The number of hydrogen-bond acceptors (Lipinski definition) is 4. The number of benzene rings is 3. The van der Waals surface area contributed by atoms with Crippen molar-refractivity contribution in [2.75, 3.05) is 0 Å². The van der Waals surface area contributed by atoms with Gasteiger partial charge >= 0.3 is 148 Å². The standard InChI is InChI=1S/C26H19AsN4O/c27-31-16-17-4-3-6-20(14-17)25-24(26(29)32)23(12-13-30-25)19-10-8-18(9-11-19)22-7-2-1-5-21(22)15-28/h1-14,16H,27H2,(H2,29,32). The molecule has 154 valence electrons. The molecule has 0 saturated heterocycles. The summed E-state index contributed by atoms with van der Waals surface area (Å²) in [6.45, 7) is 0. The van der Waals surface area contributed by atoms with Crippen LogP contribution in [0.3, 0.4) is 0 Å². The van der Waals surface area contributed by atoms with Gasteiger partial charge in [-0.15, -0.1) is 0 Å². The van der Waals surface area contributed by atoms with Crippen LogP contribution in [0.5, 0.6) is 0 Å². The Hall–Kier alpha value is -4.00. The second-order valence-electron chi connectivity index (χ2n) is 7.08. The molecule has 0 radical (unpaired) electrons. The van der Waals surface area contributed by atoms with Gasteiger partial charge in [-0.2, -0.15) is 5.26 Å². The van der Waals surface area contributed by atoms with E-state index >= 15 is 0 Å². The summed E-state index contributed by atoms with van der Waals surface area (Å²) in [5.74, 6) is -0.542. The van der Waals surface area contributed by atoms with Crippen molar-refractivity contribution >= 4 is 29.2 Å². The second-order valence-corrected chi connectivity index (χ2v) is 7.71. The summed E-state index contributed by atoms with van der Waals surface area (Å²) in [5, 5.41) is 9.39. The molecule has 1 aromatic heterocycles. The summed E-state index contributed by atoms with van der Waals surface area (Å²) < 4.78 is 4.11. The molecule has 1 unspecified atom stereocenters. The van der Waals surface area contributed by atoms with E-state index in [1.54, 1.807) is 24.5 Å². The fourth-order valence-corrected chi connectivity index (χ4v) is 4.05. The van der Waals surface area contributed by atoms with Crippen LogP contribution >= 0.6 is 0 Å². The van der Waals surface area contributed by atoms with Crippen molar-refractivity contribution in [3.63, 3.8) is 0 Å². The Bertz CT molecular complexity index is 1370. The number of amides is 1. The number of nitrogens with zero attached hydrogens (tertiary/aromatic N) is 3. The van der Waals surface area contributed by atoms with E-state index in [2.05, 4.69) is 15.0 Å². The molecule has 1 amide bonds. The van der Waals surface area contributed by atoms with Gasteiger partial charge in [0.1, 0.15) is 0 Å². The number of aromatic nitrogens is 1. The molecular weight excluding hydrogens is 459 g/mol. The third-order valence-corrected chi connectivity index (χ3v) is 5.45. The molecule has 0 aliphatic carbocycles. The average molecular weight is 478 g/mol. The Labute approximate surface area is 195 Å². The molecule has 2 N–H and O–H groups in total. The zero-order chi connectivity index (χ0) is 22.5. The van der Waals surface area contributed by atoms with E-state index in [1.165, 1.54) is 17.1 Å². The maximum absolute atomic E-state index is 12.5. The van der Waals surface area contributed by atoms with Crippen LogP contribution in [0.4, 0.5) is 0 Å². The van der Waals surface area contributed by atoms with Crippen molar-refractivity contribution in [3.8, 4) is 39.6 Å². The monoisotopic (exact) mass is 478 g/mol. The summed E-state index contributed by atoms with van der Waals surface area (Å²) in [4.78, 5) is 17.0. The van der Waals surface area contributed by atoms with Gasteiger partial charge in [0.25, 0.3) is 0 Å². The van der Waals surface area contributed by atoms with Crippen LogP contribution in [0, 0.1) is 11.3 Å². The van der Waals surface area contributed by atoms with Crippen molar-refractivity contribution < 1.29 is 4.79 Å². The van der Waals surface area contributed by atoms with E-state index in [9.17, 15) is 10.1 Å². The molecule has 4 aromatic rings. The van der Waals surface area contributed by atoms with Gasteiger partial charge in [-0.25, -0.2) is 0 Å². The van der Waals surface area contributed by atoms with Crippen LogP contribution in [-0.2, 0) is 0 Å². The molecule has 4 rings (SSSR count). The van der Waals surface area contributed by atoms with Gasteiger partial charge in [-0.1, -0.05) is 18.2 Å². The fraction of sp³-hybridized carbons (Fsp3) is 0. The van der Waals surface area contributed by atoms with Gasteiger partial charge < -0.3 is 0 Å². The number of carbonyl (C=O) groups excluding carboxylic acids is 1. The SMILES string of the molecule is N#Cc1ccccc1-c1ccc(-c2ccnc(-c3cccc(C=N[AsH2])c3)c2C(N)=O)cc1. The molecular formula is C26H19AsN4O. The molecule has 0 aliphatic rings. The Balaban J connectivity index is 1.81. The number of hydrogen-bond donors (Lipinski definition) is 1. The average Bonchev–Trinajstić information content (AvgIpc) is 2.84. The first-order valence-electron chi connectivity index (χ1n) is 9.85. The minimum absolute atomic E-state index is 0.368. The summed E-state index contributed by atoms with van der Waals surface area (Å²) in [6.07, 6.45) is 3.45. The van der Waals surface area contributed by atoms with Crippen LogP contribution in [-0.4, -0.2) is 34.2 Å². The molecule has 0 saturated carbocycles. The zero-order valence-electron chi connectivity index (χ0n) is 17.1. The number of nitrogens with two attached hydrogens (primary N) is 1. The Morgan fingerprint density at radius 1 is 0.938 bits per heavy atom. The topological polar surface area (TPSA) is 92.1 Å². The van der Waals surface area contributed by atoms with Crippen molar-refractivity contribution in [3.05, 3.63) is 102 Å². The van der Waals surface area contributed by atoms with Crippen LogP contribution < -0.4 is 5.73 Å². The van der Waals surface area contributed by atoms with Crippen molar-refractivity contribution in [2.24, 2.45) is 9.64 Å². The Kier molecular flexibility index (Phi) is 6.26. The molecule has 3 aromatic carbocycles. The second kappa shape index (κ2) is 9.43. The molecule has 1 heterocycles. The number of pyridine rings is 1. The van der Waals surface area contributed by atoms with Crippen molar-refractivity contribution in [2.45, 2.75) is 0 Å². The first-order valence-corrected chi connectivity index (χ1v) is 10.9. The first-order chi connectivity index (χ1) is 15.6. The third-order valence-electron chi connectivity index (χ3n) is 5.14. The maximum atomic E-state index is 12.5. The fourth-order valence-electron chi connectivity index (χ4n) is 3.68. The Morgan fingerprint density at radius 2 is 1.66 bits per heavy atom. The number of rotatable bonds is 5. The molecule has 5 nitrogen and oxygen atoms in total. The molecule has 0 fully saturated rings. The van der Waals surface area contributed by atoms with Crippen molar-refractivity contribution in [1.82, 2.24) is 4.98 Å². The molecule has 0 bridgehead atoms. The summed E-state index contributed by atoms with van der Waals surface area (Å²) in [6, 6.07) is 26.9. The van der Waals surface area contributed by atoms with Gasteiger partial charge in [0.2, 0.25) is 0 Å². The van der Waals surface area contributed by atoms with E-state index in [-0.39, 0.29) is 0 Å². The van der Waals surface area contributed by atoms with E-state index in [1.807, 2.05) is 66.7 Å². The predicted molar refractivity (Wildman–Crippen MR) is 130 cm³/mol. The minimum atomic E-state index is -0.542. The molecule has 6 heteroatoms. The molecule has 0 spiro atoms. The Morgan fingerprint density at radius 3 is 2.34 bits per heavy atom. The van der Waals surface area contributed by atoms with E-state index < -0.39 is 5.91 Å². The van der Waals surface area contributed by atoms with Crippen molar-refractivity contribution in [1.29, 1.82) is 5.26 Å². The van der Waals surface area contributed by atoms with Crippen LogP contribution in [0.2, 0.25) is 0 Å². The van der Waals surface area contributed by atoms with Gasteiger partial charge in [0.15, 0.2) is 0 Å². The van der Waals surface area contributed by atoms with Crippen LogP contribution in [0.15, 0.2) is 89.0 Å². The summed E-state index contributed by atoms with van der Waals surface area (Å²) in [5.41, 5.74) is 12.4. The zero-order valence-corrected chi connectivity index (χ0v) is 19.5. The third kappa shape index (κ3) is 4.23. The number of primary amides is 1. The molecule has 0 aliphatic heterocycles. The van der Waals surface area contributed by atoms with Crippen LogP contribution in [0.1, 0.15) is 21.5 Å². The first kappa shape index (κ1) is 21.2. The van der Waals surface area contributed by atoms with Gasteiger partial charge in [0.05, 0.1) is 11.6 Å². The molecule has 1 atom stereocenters. The molecule has 32 heavy (non-hydrogen) atoms. The predicted octanol–water partition coefficient (Wildman–Crippen LogP) is 4.02. The van der Waals surface area contributed by atoms with Crippen LogP contribution in [0.25, 0.3) is 33.5 Å². The summed E-state index contributed by atoms with van der Waals surface area (Å²) in [7, 11) is 0. The number of nitriles is 1. The van der Waals surface area contributed by atoms with Gasteiger partial charge in [0, 0.05) is 0 Å². The normalized spacial score (nSPS) is 10.8. The van der Waals surface area contributed by atoms with Gasteiger partial charge in [-0.3, -0.25) is 0 Å².